The van der Waals surface area contributed by atoms with Gasteiger partial charge in [0.05, 0.1) is 6.34 Å². The van der Waals surface area contributed by atoms with E-state index in [1.165, 1.54) is 0 Å². The molecule has 3 N–H and O–H groups in total. The second-order valence-corrected chi connectivity index (χ2v) is 4.67. The van der Waals surface area contributed by atoms with Crippen LogP contribution in [-0.2, 0) is 16.1 Å². The van der Waals surface area contributed by atoms with Crippen LogP contribution in [0.1, 0.15) is 5.56 Å². The number of carbonyl (C=O) groups is 1. The van der Waals surface area contributed by atoms with E-state index in [1.807, 2.05) is 30.3 Å². The van der Waals surface area contributed by atoms with Crippen LogP contribution in [0.5, 0.6) is 0 Å². The zero-order chi connectivity index (χ0) is 13.1. The van der Waals surface area contributed by atoms with Crippen LogP contribution in [0, 0.1) is 0 Å². The van der Waals surface area contributed by atoms with Crippen LogP contribution in [-0.4, -0.2) is 37.2 Å². The van der Waals surface area contributed by atoms with Crippen molar-refractivity contribution in [1.82, 2.24) is 16.0 Å². The minimum atomic E-state index is -0.826. The van der Waals surface area contributed by atoms with Crippen molar-refractivity contribution in [3.8, 4) is 0 Å². The molecule has 2 heterocycles. The quantitative estimate of drug-likeness (QED) is 0.643. The Labute approximate surface area is 111 Å². The molecule has 6 heteroatoms. The van der Waals surface area contributed by atoms with E-state index < -0.39 is 5.54 Å². The lowest BCUT2D eigenvalue weighted by molar-refractivity contribution is -0.153. The molecule has 0 saturated carbocycles. The fourth-order valence-corrected chi connectivity index (χ4v) is 2.33. The third-order valence-electron chi connectivity index (χ3n) is 3.41. The Kier molecular flexibility index (Phi) is 3.18. The summed E-state index contributed by atoms with van der Waals surface area (Å²) in [5.41, 5.74) is 0.145. The maximum absolute atomic E-state index is 12.3. The molecule has 0 radical (unpaired) electrons. The first-order valence-corrected chi connectivity index (χ1v) is 6.26. The average molecular weight is 260 g/mol. The summed E-state index contributed by atoms with van der Waals surface area (Å²) in [6.07, 6.45) is 1.30. The van der Waals surface area contributed by atoms with Gasteiger partial charge in [-0.05, 0) is 5.56 Å². The number of ether oxygens (including phenoxy) is 1. The van der Waals surface area contributed by atoms with Gasteiger partial charge in [-0.3, -0.25) is 10.3 Å². The zero-order valence-corrected chi connectivity index (χ0v) is 10.4. The minimum absolute atomic E-state index is 0.267. The highest BCUT2D eigenvalue weighted by atomic mass is 16.5. The van der Waals surface area contributed by atoms with E-state index in [0.29, 0.717) is 13.2 Å². The van der Waals surface area contributed by atoms with E-state index in [2.05, 4.69) is 20.9 Å². The van der Waals surface area contributed by atoms with Crippen molar-refractivity contribution in [3.63, 3.8) is 0 Å². The van der Waals surface area contributed by atoms with E-state index >= 15 is 0 Å². The third-order valence-corrected chi connectivity index (χ3v) is 3.41. The SMILES string of the molecule is O=C(OCc1ccccc1)C12CNCNC1N=CN2. The zero-order valence-electron chi connectivity index (χ0n) is 10.4. The van der Waals surface area contributed by atoms with E-state index in [4.69, 9.17) is 4.74 Å². The summed E-state index contributed by atoms with van der Waals surface area (Å²) in [5.74, 6) is -0.293. The molecule has 2 unspecified atom stereocenters. The Bertz CT molecular complexity index is 491. The summed E-state index contributed by atoms with van der Waals surface area (Å²) < 4.78 is 5.41. The fraction of sp³-hybridized carbons (Fsp3) is 0.385. The number of hydrogen-bond acceptors (Lipinski definition) is 6. The molecule has 3 rings (SSSR count). The molecule has 0 amide bonds. The lowest BCUT2D eigenvalue weighted by atomic mass is 9.95. The summed E-state index contributed by atoms with van der Waals surface area (Å²) in [6, 6.07) is 9.63. The molecule has 1 fully saturated rings. The van der Waals surface area contributed by atoms with Gasteiger partial charge in [0.1, 0.15) is 12.8 Å². The molecule has 0 aromatic heterocycles. The molecule has 2 aliphatic heterocycles. The summed E-state index contributed by atoms with van der Waals surface area (Å²) in [6.45, 7) is 1.41. The highest BCUT2D eigenvalue weighted by molar-refractivity contribution is 5.87. The second-order valence-electron chi connectivity index (χ2n) is 4.67. The largest absolute Gasteiger partial charge is 0.459 e. The number of rotatable bonds is 3. The van der Waals surface area contributed by atoms with Gasteiger partial charge >= 0.3 is 5.97 Å². The number of hydrogen-bond donors (Lipinski definition) is 3. The predicted molar refractivity (Wildman–Crippen MR) is 70.4 cm³/mol. The Morgan fingerprint density at radius 2 is 2.26 bits per heavy atom. The van der Waals surface area contributed by atoms with Crippen LogP contribution in [0.4, 0.5) is 0 Å². The number of nitrogens with zero attached hydrogens (tertiary/aromatic N) is 1. The van der Waals surface area contributed by atoms with Crippen LogP contribution in [0.25, 0.3) is 0 Å². The van der Waals surface area contributed by atoms with Gasteiger partial charge in [-0.2, -0.15) is 0 Å². The molecular weight excluding hydrogens is 244 g/mol. The maximum Gasteiger partial charge on any atom is 0.337 e. The number of aliphatic imine (C=N–C) groups is 1. The lowest BCUT2D eigenvalue weighted by Gasteiger charge is -2.36. The van der Waals surface area contributed by atoms with Crippen LogP contribution in [0.3, 0.4) is 0 Å². The van der Waals surface area contributed by atoms with Gasteiger partial charge in [0, 0.05) is 13.2 Å². The van der Waals surface area contributed by atoms with Crippen molar-refractivity contribution >= 4 is 12.3 Å². The smallest absolute Gasteiger partial charge is 0.337 e. The van der Waals surface area contributed by atoms with Crippen LogP contribution in [0.15, 0.2) is 35.3 Å². The molecule has 0 bridgehead atoms. The van der Waals surface area contributed by atoms with Crippen molar-refractivity contribution < 1.29 is 9.53 Å². The van der Waals surface area contributed by atoms with Crippen molar-refractivity contribution in [2.75, 3.05) is 13.2 Å². The first kappa shape index (κ1) is 12.1. The van der Waals surface area contributed by atoms with E-state index in [9.17, 15) is 4.79 Å². The van der Waals surface area contributed by atoms with Gasteiger partial charge in [0.15, 0.2) is 5.54 Å². The predicted octanol–water partition coefficient (Wildman–Crippen LogP) is -0.423. The number of carbonyl (C=O) groups excluding carboxylic acids is 1. The standard InChI is InChI=1S/C13H16N4O2/c18-12(19-6-10-4-2-1-3-5-10)13-7-14-8-15-11(13)16-9-17-13/h1-5,9,11,14-15H,6-8H2,(H,16,17). The normalized spacial score (nSPS) is 28.5. The molecule has 1 saturated heterocycles. The molecule has 19 heavy (non-hydrogen) atoms. The fourth-order valence-electron chi connectivity index (χ4n) is 2.33. The Balaban J connectivity index is 1.66. The number of nitrogens with one attached hydrogen (secondary N) is 3. The molecule has 0 spiro atoms. The molecule has 1 aromatic rings. The van der Waals surface area contributed by atoms with Crippen LogP contribution in [0.2, 0.25) is 0 Å². The summed E-state index contributed by atoms with van der Waals surface area (Å²) in [5, 5.41) is 9.27. The summed E-state index contributed by atoms with van der Waals surface area (Å²) in [7, 11) is 0. The van der Waals surface area contributed by atoms with Crippen molar-refractivity contribution in [2.45, 2.75) is 18.3 Å². The topological polar surface area (TPSA) is 74.8 Å². The Morgan fingerprint density at radius 3 is 3.11 bits per heavy atom. The van der Waals surface area contributed by atoms with Crippen LogP contribution < -0.4 is 16.0 Å². The van der Waals surface area contributed by atoms with Gasteiger partial charge in [0.25, 0.3) is 0 Å². The third kappa shape index (κ3) is 2.20. The molecule has 1 aromatic carbocycles. The number of benzene rings is 1. The molecule has 100 valence electrons. The van der Waals surface area contributed by atoms with Gasteiger partial charge in [0.2, 0.25) is 0 Å². The van der Waals surface area contributed by atoms with Crippen LogP contribution >= 0.6 is 0 Å². The Morgan fingerprint density at radius 1 is 1.42 bits per heavy atom. The van der Waals surface area contributed by atoms with Crippen molar-refractivity contribution in [1.29, 1.82) is 0 Å². The first-order valence-electron chi connectivity index (χ1n) is 6.26. The first-order chi connectivity index (χ1) is 9.31. The number of esters is 1. The Hall–Kier alpha value is -1.92. The number of fused-ring (bicyclic) bond motifs is 1. The molecule has 0 aliphatic carbocycles. The van der Waals surface area contributed by atoms with Gasteiger partial charge in [-0.1, -0.05) is 30.3 Å². The summed E-state index contributed by atoms with van der Waals surface area (Å²) in [4.78, 5) is 16.5. The van der Waals surface area contributed by atoms with Crippen molar-refractivity contribution in [3.05, 3.63) is 35.9 Å². The van der Waals surface area contributed by atoms with Gasteiger partial charge in [-0.15, -0.1) is 0 Å². The highest BCUT2D eigenvalue weighted by Gasteiger charge is 2.51. The second kappa shape index (κ2) is 4.99. The van der Waals surface area contributed by atoms with Gasteiger partial charge in [-0.25, -0.2) is 4.79 Å². The van der Waals surface area contributed by atoms with E-state index in [1.54, 1.807) is 6.34 Å². The average Bonchev–Trinajstić information content (AvgIpc) is 2.91. The van der Waals surface area contributed by atoms with E-state index in [-0.39, 0.29) is 18.7 Å². The summed E-state index contributed by atoms with van der Waals surface area (Å²) >= 11 is 0. The van der Waals surface area contributed by atoms with Gasteiger partial charge < -0.3 is 15.4 Å². The lowest BCUT2D eigenvalue weighted by Crippen LogP contribution is -2.70. The minimum Gasteiger partial charge on any atom is -0.459 e. The molecule has 2 aliphatic rings. The van der Waals surface area contributed by atoms with Crippen molar-refractivity contribution in [2.24, 2.45) is 4.99 Å². The highest BCUT2D eigenvalue weighted by Crippen LogP contribution is 2.20. The van der Waals surface area contributed by atoms with E-state index in [0.717, 1.165) is 5.56 Å². The molecule has 2 atom stereocenters. The molecule has 6 nitrogen and oxygen atoms in total. The maximum atomic E-state index is 12.3. The monoisotopic (exact) mass is 260 g/mol. The molecular formula is C13H16N4O2.